The number of nitrogens with zero attached hydrogens (tertiary/aromatic N) is 2. The van der Waals surface area contributed by atoms with E-state index in [1.54, 1.807) is 7.11 Å². The first-order valence-electron chi connectivity index (χ1n) is 6.12. The summed E-state index contributed by atoms with van der Waals surface area (Å²) in [7, 11) is 1.68. The number of nitrogen functional groups attached to an aromatic ring is 1. The highest BCUT2D eigenvalue weighted by Gasteiger charge is 2.08. The summed E-state index contributed by atoms with van der Waals surface area (Å²) in [6, 6.07) is 11.7. The lowest BCUT2D eigenvalue weighted by Crippen LogP contribution is -1.93. The lowest BCUT2D eigenvalue weighted by atomic mass is 10.1. The van der Waals surface area contributed by atoms with Crippen LogP contribution in [0, 0.1) is 0 Å². The van der Waals surface area contributed by atoms with Gasteiger partial charge in [0.25, 0.3) is 0 Å². The number of nitrogens with two attached hydrogens (primary N) is 1. The van der Waals surface area contributed by atoms with Crippen molar-refractivity contribution in [2.24, 2.45) is 0 Å². The number of pyridine rings is 1. The lowest BCUT2D eigenvalue weighted by Gasteiger charge is -2.05. The number of benzene rings is 1. The number of para-hydroxylation sites is 1. The van der Waals surface area contributed by atoms with Crippen LogP contribution in [0.1, 0.15) is 11.3 Å². The molecule has 2 heterocycles. The van der Waals surface area contributed by atoms with E-state index in [0.717, 1.165) is 29.1 Å². The monoisotopic (exact) mass is 253 g/mol. The molecule has 19 heavy (non-hydrogen) atoms. The third-order valence-corrected chi connectivity index (χ3v) is 3.13. The van der Waals surface area contributed by atoms with Crippen LogP contribution >= 0.6 is 0 Å². The minimum absolute atomic E-state index is 0.689. The van der Waals surface area contributed by atoms with Crippen molar-refractivity contribution in [1.82, 2.24) is 9.38 Å². The summed E-state index contributed by atoms with van der Waals surface area (Å²) < 4.78 is 7.30. The van der Waals surface area contributed by atoms with Gasteiger partial charge in [0.1, 0.15) is 5.75 Å². The molecular formula is C15H15N3O. The molecule has 4 heteroatoms. The fourth-order valence-electron chi connectivity index (χ4n) is 2.21. The molecule has 0 aliphatic heterocycles. The summed E-state index contributed by atoms with van der Waals surface area (Å²) in [6.07, 6.45) is 4.67. The third-order valence-electron chi connectivity index (χ3n) is 3.13. The van der Waals surface area contributed by atoms with Crippen molar-refractivity contribution in [3.8, 4) is 5.75 Å². The molecule has 4 nitrogen and oxygen atoms in total. The number of aromatic nitrogens is 2. The van der Waals surface area contributed by atoms with Crippen molar-refractivity contribution in [3.63, 3.8) is 0 Å². The van der Waals surface area contributed by atoms with E-state index in [1.807, 2.05) is 53.2 Å². The number of anilines is 1. The summed E-state index contributed by atoms with van der Waals surface area (Å²) in [5, 5.41) is 0. The van der Waals surface area contributed by atoms with Gasteiger partial charge in [0.05, 0.1) is 18.5 Å². The van der Waals surface area contributed by atoms with Crippen LogP contribution in [0.15, 0.2) is 48.8 Å². The van der Waals surface area contributed by atoms with Gasteiger partial charge in [-0.15, -0.1) is 0 Å². The van der Waals surface area contributed by atoms with Crippen LogP contribution in [0.25, 0.3) is 5.65 Å². The molecule has 0 atom stereocenters. The Balaban J connectivity index is 1.99. The van der Waals surface area contributed by atoms with E-state index in [-0.39, 0.29) is 0 Å². The highest BCUT2D eigenvalue weighted by atomic mass is 16.5. The Morgan fingerprint density at radius 1 is 1.21 bits per heavy atom. The minimum atomic E-state index is 0.689. The Hall–Kier alpha value is -2.49. The Morgan fingerprint density at radius 2 is 2.05 bits per heavy atom. The highest BCUT2D eigenvalue weighted by Crippen LogP contribution is 2.21. The smallest absolute Gasteiger partial charge is 0.160 e. The van der Waals surface area contributed by atoms with E-state index in [0.29, 0.717) is 5.69 Å². The van der Waals surface area contributed by atoms with Crippen molar-refractivity contribution < 1.29 is 4.74 Å². The highest BCUT2D eigenvalue weighted by molar-refractivity contribution is 5.64. The summed E-state index contributed by atoms with van der Waals surface area (Å²) in [4.78, 5) is 4.57. The van der Waals surface area contributed by atoms with Gasteiger partial charge in [0.15, 0.2) is 5.65 Å². The largest absolute Gasteiger partial charge is 0.496 e. The molecule has 3 aromatic rings. The van der Waals surface area contributed by atoms with E-state index in [9.17, 15) is 0 Å². The van der Waals surface area contributed by atoms with Crippen LogP contribution in [-0.4, -0.2) is 16.5 Å². The maximum atomic E-state index is 5.91. The molecule has 0 aliphatic rings. The van der Waals surface area contributed by atoms with Gasteiger partial charge in [-0.1, -0.05) is 18.2 Å². The van der Waals surface area contributed by atoms with E-state index in [1.165, 1.54) is 0 Å². The summed E-state index contributed by atoms with van der Waals surface area (Å²) >= 11 is 0. The summed E-state index contributed by atoms with van der Waals surface area (Å²) in [6.45, 7) is 0. The van der Waals surface area contributed by atoms with Gasteiger partial charge in [0.2, 0.25) is 0 Å². The molecule has 0 aliphatic carbocycles. The van der Waals surface area contributed by atoms with Gasteiger partial charge in [-0.2, -0.15) is 0 Å². The minimum Gasteiger partial charge on any atom is -0.496 e. The standard InChI is InChI=1S/C15H15N3O/c1-19-14-7-3-2-5-11(14)9-12-10-18-8-4-6-13(16)15(18)17-12/h2-8,10H,9,16H2,1H3. The van der Waals surface area contributed by atoms with Gasteiger partial charge in [-0.3, -0.25) is 0 Å². The van der Waals surface area contributed by atoms with Gasteiger partial charge < -0.3 is 14.9 Å². The zero-order chi connectivity index (χ0) is 13.2. The summed E-state index contributed by atoms with van der Waals surface area (Å²) in [5.41, 5.74) is 9.49. The van der Waals surface area contributed by atoms with Crippen LogP contribution < -0.4 is 10.5 Å². The summed E-state index contributed by atoms with van der Waals surface area (Å²) in [5.74, 6) is 0.882. The molecule has 96 valence electrons. The first kappa shape index (κ1) is 11.6. The predicted molar refractivity (Wildman–Crippen MR) is 75.4 cm³/mol. The van der Waals surface area contributed by atoms with Crippen molar-refractivity contribution >= 4 is 11.3 Å². The molecular weight excluding hydrogens is 238 g/mol. The van der Waals surface area contributed by atoms with Gasteiger partial charge >= 0.3 is 0 Å². The second-order valence-corrected chi connectivity index (χ2v) is 4.42. The maximum Gasteiger partial charge on any atom is 0.160 e. The lowest BCUT2D eigenvalue weighted by molar-refractivity contribution is 0.410. The van der Waals surface area contributed by atoms with Crippen LogP contribution in [0.2, 0.25) is 0 Å². The molecule has 0 saturated carbocycles. The normalized spacial score (nSPS) is 10.8. The van der Waals surface area contributed by atoms with Crippen LogP contribution in [0.3, 0.4) is 0 Å². The molecule has 0 bridgehead atoms. The van der Waals surface area contributed by atoms with Crippen molar-refractivity contribution in [3.05, 3.63) is 60.0 Å². The number of imidazole rings is 1. The zero-order valence-electron chi connectivity index (χ0n) is 10.7. The molecule has 0 saturated heterocycles. The Labute approximate surface area is 111 Å². The molecule has 0 fully saturated rings. The number of ether oxygens (including phenoxy) is 1. The van der Waals surface area contributed by atoms with E-state index < -0.39 is 0 Å². The number of hydrogen-bond acceptors (Lipinski definition) is 3. The van der Waals surface area contributed by atoms with Gasteiger partial charge in [-0.25, -0.2) is 4.98 Å². The van der Waals surface area contributed by atoms with E-state index in [4.69, 9.17) is 10.5 Å². The number of rotatable bonds is 3. The van der Waals surface area contributed by atoms with Gasteiger partial charge in [-0.05, 0) is 18.2 Å². The van der Waals surface area contributed by atoms with Crippen LogP contribution in [0.5, 0.6) is 5.75 Å². The van der Waals surface area contributed by atoms with Crippen molar-refractivity contribution in [2.75, 3.05) is 12.8 Å². The molecule has 2 aromatic heterocycles. The predicted octanol–water partition coefficient (Wildman–Crippen LogP) is 2.52. The van der Waals surface area contributed by atoms with Crippen LogP contribution in [-0.2, 0) is 6.42 Å². The number of methoxy groups -OCH3 is 1. The first-order chi connectivity index (χ1) is 9.28. The molecule has 0 amide bonds. The molecule has 0 spiro atoms. The molecule has 0 radical (unpaired) electrons. The van der Waals surface area contributed by atoms with Crippen molar-refractivity contribution in [2.45, 2.75) is 6.42 Å². The average molecular weight is 253 g/mol. The van der Waals surface area contributed by atoms with E-state index >= 15 is 0 Å². The Kier molecular flexibility index (Phi) is 2.83. The second kappa shape index (κ2) is 4.65. The fraction of sp³-hybridized carbons (Fsp3) is 0.133. The molecule has 1 aromatic carbocycles. The zero-order valence-corrected chi connectivity index (χ0v) is 10.7. The average Bonchev–Trinajstić information content (AvgIpc) is 2.83. The Bertz CT molecular complexity index is 718. The molecule has 2 N–H and O–H groups in total. The first-order valence-corrected chi connectivity index (χ1v) is 6.12. The SMILES string of the molecule is COc1ccccc1Cc1cn2cccc(N)c2n1. The number of hydrogen-bond donors (Lipinski definition) is 1. The third kappa shape index (κ3) is 2.12. The molecule has 0 unspecified atom stereocenters. The topological polar surface area (TPSA) is 52.5 Å². The van der Waals surface area contributed by atoms with E-state index in [2.05, 4.69) is 4.98 Å². The second-order valence-electron chi connectivity index (χ2n) is 4.42. The van der Waals surface area contributed by atoms with Crippen LogP contribution in [0.4, 0.5) is 5.69 Å². The Morgan fingerprint density at radius 3 is 2.84 bits per heavy atom. The van der Waals surface area contributed by atoms with Crippen molar-refractivity contribution in [1.29, 1.82) is 0 Å². The number of fused-ring (bicyclic) bond motifs is 1. The fourth-order valence-corrected chi connectivity index (χ4v) is 2.21. The molecule has 3 rings (SSSR count). The quantitative estimate of drug-likeness (QED) is 0.780. The van der Waals surface area contributed by atoms with Gasteiger partial charge in [0, 0.05) is 24.4 Å². The maximum absolute atomic E-state index is 5.91.